The van der Waals surface area contributed by atoms with E-state index >= 15 is 0 Å². The molecule has 1 aromatic carbocycles. The number of carbonyl (C=O) groups excluding carboxylic acids is 1. The highest BCUT2D eigenvalue weighted by Crippen LogP contribution is 2.43. The number of nitrogens with zero attached hydrogens (tertiary/aromatic N) is 4. The molecule has 0 aliphatic carbocycles. The molecular formula is C22H26FN5O2. The first kappa shape index (κ1) is 19.2. The first-order chi connectivity index (χ1) is 14.4. The zero-order valence-electron chi connectivity index (χ0n) is 17.4. The molecule has 0 unspecified atom stereocenters. The van der Waals surface area contributed by atoms with Gasteiger partial charge in [0.1, 0.15) is 12.1 Å². The Morgan fingerprint density at radius 3 is 2.43 bits per heavy atom. The summed E-state index contributed by atoms with van der Waals surface area (Å²) in [4.78, 5) is 24.7. The van der Waals surface area contributed by atoms with Crippen LogP contribution in [-0.2, 0) is 0 Å². The van der Waals surface area contributed by atoms with Crippen molar-refractivity contribution in [3.8, 4) is 11.6 Å². The van der Waals surface area contributed by atoms with E-state index in [1.165, 1.54) is 23.4 Å². The number of hydrogen-bond donors (Lipinski definition) is 1. The summed E-state index contributed by atoms with van der Waals surface area (Å²) < 4.78 is 20.5. The first-order valence-corrected chi connectivity index (χ1v) is 10.5. The smallest absolute Gasteiger partial charge is 0.253 e. The number of piperidine rings is 4. The fraction of sp³-hybridized carbons (Fsp3) is 0.500. The quantitative estimate of drug-likeness (QED) is 0.834. The molecule has 0 atom stereocenters. The molecule has 1 aromatic heterocycles. The zero-order chi connectivity index (χ0) is 21.0. The zero-order valence-corrected chi connectivity index (χ0v) is 17.4. The van der Waals surface area contributed by atoms with E-state index in [1.54, 1.807) is 20.2 Å². The number of ether oxygens (including phenoxy) is 1. The predicted molar refractivity (Wildman–Crippen MR) is 110 cm³/mol. The average Bonchev–Trinajstić information content (AvgIpc) is 2.70. The van der Waals surface area contributed by atoms with Gasteiger partial charge in [-0.05, 0) is 50.8 Å². The second-order valence-corrected chi connectivity index (χ2v) is 8.79. The molecule has 0 saturated carbocycles. The minimum absolute atomic E-state index is 0.0438. The van der Waals surface area contributed by atoms with Gasteiger partial charge in [-0.2, -0.15) is 0 Å². The number of anilines is 1. The fourth-order valence-corrected chi connectivity index (χ4v) is 5.27. The number of benzene rings is 1. The molecular weight excluding hydrogens is 385 g/mol. The lowest BCUT2D eigenvalue weighted by atomic mass is 9.74. The van der Waals surface area contributed by atoms with Gasteiger partial charge in [-0.15, -0.1) is 0 Å². The van der Waals surface area contributed by atoms with Gasteiger partial charge in [-0.3, -0.25) is 4.79 Å². The van der Waals surface area contributed by atoms with Crippen LogP contribution in [0.1, 0.15) is 41.6 Å². The summed E-state index contributed by atoms with van der Waals surface area (Å²) in [7, 11) is 3.26. The van der Waals surface area contributed by atoms with Gasteiger partial charge in [0.25, 0.3) is 5.91 Å². The van der Waals surface area contributed by atoms with Crippen molar-refractivity contribution in [3.63, 3.8) is 0 Å². The van der Waals surface area contributed by atoms with Crippen molar-refractivity contribution < 1.29 is 13.9 Å². The van der Waals surface area contributed by atoms with Gasteiger partial charge in [0, 0.05) is 43.8 Å². The van der Waals surface area contributed by atoms with Crippen molar-refractivity contribution in [2.45, 2.75) is 56.8 Å². The molecule has 4 saturated heterocycles. The highest BCUT2D eigenvalue weighted by molar-refractivity contribution is 5.94. The molecule has 7 nitrogen and oxygen atoms in total. The standard InChI is InChI=1S/C22H26FN5O2/c1-12-20(28-16-7-14-8-17(28)10-15(9-16)26-14)24-11-25-21(12)30-19-5-4-13(6-18(19)23)22(29)27(2)3/h4-6,11,14-17,26H,7-10H2,1-3H3. The van der Waals surface area contributed by atoms with E-state index in [2.05, 4.69) is 20.2 Å². The minimum atomic E-state index is -0.594. The van der Waals surface area contributed by atoms with Crippen molar-refractivity contribution in [2.24, 2.45) is 0 Å². The van der Waals surface area contributed by atoms with Gasteiger partial charge >= 0.3 is 0 Å². The molecule has 4 aliphatic rings. The molecule has 158 valence electrons. The van der Waals surface area contributed by atoms with Crippen molar-refractivity contribution in [1.29, 1.82) is 0 Å². The van der Waals surface area contributed by atoms with Gasteiger partial charge in [0.2, 0.25) is 5.88 Å². The second-order valence-electron chi connectivity index (χ2n) is 8.79. The second kappa shape index (κ2) is 7.19. The molecule has 4 bridgehead atoms. The highest BCUT2D eigenvalue weighted by Gasteiger charge is 2.47. The van der Waals surface area contributed by atoms with Crippen LogP contribution in [0.4, 0.5) is 10.2 Å². The van der Waals surface area contributed by atoms with Crippen molar-refractivity contribution in [1.82, 2.24) is 20.2 Å². The molecule has 0 spiro atoms. The number of halogens is 1. The Bertz CT molecular complexity index is 967. The van der Waals surface area contributed by atoms with E-state index in [4.69, 9.17) is 4.74 Å². The number of amides is 1. The van der Waals surface area contributed by atoms with E-state index in [9.17, 15) is 9.18 Å². The Morgan fingerprint density at radius 1 is 1.17 bits per heavy atom. The van der Waals surface area contributed by atoms with Gasteiger partial charge < -0.3 is 19.9 Å². The number of rotatable bonds is 4. The molecule has 30 heavy (non-hydrogen) atoms. The van der Waals surface area contributed by atoms with E-state index < -0.39 is 5.82 Å². The van der Waals surface area contributed by atoms with Crippen molar-refractivity contribution in [2.75, 3.05) is 19.0 Å². The Morgan fingerprint density at radius 2 is 1.83 bits per heavy atom. The summed E-state index contributed by atoms with van der Waals surface area (Å²) in [6, 6.07) is 6.41. The highest BCUT2D eigenvalue weighted by atomic mass is 19.1. The van der Waals surface area contributed by atoms with E-state index in [1.807, 2.05) is 6.92 Å². The van der Waals surface area contributed by atoms with Crippen LogP contribution in [0.15, 0.2) is 24.5 Å². The van der Waals surface area contributed by atoms with E-state index in [0.717, 1.165) is 37.1 Å². The number of carbonyl (C=O) groups is 1. The lowest BCUT2D eigenvalue weighted by Gasteiger charge is -2.57. The molecule has 4 fully saturated rings. The lowest BCUT2D eigenvalue weighted by molar-refractivity contribution is 0.0827. The summed E-state index contributed by atoms with van der Waals surface area (Å²) in [6.45, 7) is 1.93. The topological polar surface area (TPSA) is 70.6 Å². The summed E-state index contributed by atoms with van der Waals surface area (Å²) in [5.41, 5.74) is 1.09. The number of hydrogen-bond acceptors (Lipinski definition) is 6. The van der Waals surface area contributed by atoms with Crippen LogP contribution in [0.25, 0.3) is 0 Å². The maximum Gasteiger partial charge on any atom is 0.253 e. The molecule has 6 rings (SSSR count). The number of nitrogens with one attached hydrogen (secondary N) is 1. The lowest BCUT2D eigenvalue weighted by Crippen LogP contribution is -2.68. The predicted octanol–water partition coefficient (Wildman–Crippen LogP) is 2.89. The number of aromatic nitrogens is 2. The molecule has 1 N–H and O–H groups in total. The third-order valence-corrected chi connectivity index (χ3v) is 6.53. The molecule has 2 aromatic rings. The molecule has 8 heteroatoms. The molecule has 5 heterocycles. The van der Waals surface area contributed by atoms with Crippen molar-refractivity contribution >= 4 is 11.7 Å². The minimum Gasteiger partial charge on any atom is -0.435 e. The van der Waals surface area contributed by atoms with Crippen LogP contribution in [-0.4, -0.2) is 59.0 Å². The van der Waals surface area contributed by atoms with Gasteiger partial charge in [-0.1, -0.05) is 0 Å². The normalized spacial score (nSPS) is 26.7. The molecule has 0 radical (unpaired) electrons. The largest absolute Gasteiger partial charge is 0.435 e. The summed E-state index contributed by atoms with van der Waals surface area (Å²) in [5, 5.41) is 3.72. The summed E-state index contributed by atoms with van der Waals surface area (Å²) in [6.07, 6.45) is 6.00. The molecule has 1 amide bonds. The Kier molecular flexibility index (Phi) is 4.61. The van der Waals surface area contributed by atoms with Gasteiger partial charge in [0.05, 0.1) is 5.56 Å². The maximum atomic E-state index is 14.6. The third kappa shape index (κ3) is 3.19. The van der Waals surface area contributed by atoms with Crippen LogP contribution in [0, 0.1) is 12.7 Å². The summed E-state index contributed by atoms with van der Waals surface area (Å²) in [5.74, 6) is 0.418. The van der Waals surface area contributed by atoms with E-state index in [-0.39, 0.29) is 17.2 Å². The van der Waals surface area contributed by atoms with E-state index in [0.29, 0.717) is 30.0 Å². The van der Waals surface area contributed by atoms with Crippen LogP contribution in [0.3, 0.4) is 0 Å². The van der Waals surface area contributed by atoms with Gasteiger partial charge in [0.15, 0.2) is 11.6 Å². The van der Waals surface area contributed by atoms with Gasteiger partial charge in [-0.25, -0.2) is 14.4 Å². The van der Waals surface area contributed by atoms with Crippen molar-refractivity contribution in [3.05, 3.63) is 41.5 Å². The van der Waals surface area contributed by atoms with Crippen LogP contribution in [0.2, 0.25) is 0 Å². The SMILES string of the molecule is Cc1c(Oc2ccc(C(=O)N(C)C)cc2F)ncnc1N1C2CC3CC1CC(C2)N3. The van der Waals surface area contributed by atoms with Crippen LogP contribution in [0.5, 0.6) is 11.6 Å². The Balaban J connectivity index is 1.41. The van der Waals surface area contributed by atoms with Crippen LogP contribution >= 0.6 is 0 Å². The van der Waals surface area contributed by atoms with Crippen LogP contribution < -0.4 is 15.0 Å². The maximum absolute atomic E-state index is 14.6. The first-order valence-electron chi connectivity index (χ1n) is 10.5. The summed E-state index contributed by atoms with van der Waals surface area (Å²) >= 11 is 0. The monoisotopic (exact) mass is 411 g/mol. The fourth-order valence-electron chi connectivity index (χ4n) is 5.27. The third-order valence-electron chi connectivity index (χ3n) is 6.53. The molecule has 4 aliphatic heterocycles. The average molecular weight is 411 g/mol. The Labute approximate surface area is 175 Å². The Hall–Kier alpha value is -2.74.